The van der Waals surface area contributed by atoms with Gasteiger partial charge in [-0.1, -0.05) is 0 Å². The third-order valence-electron chi connectivity index (χ3n) is 5.13. The van der Waals surface area contributed by atoms with Gasteiger partial charge in [-0.25, -0.2) is 0 Å². The van der Waals surface area contributed by atoms with Crippen molar-refractivity contribution in [3.63, 3.8) is 0 Å². The normalized spacial score (nSPS) is 12.5. The second kappa shape index (κ2) is 7.76. The second-order valence-corrected chi connectivity index (χ2v) is 11.6. The maximum atomic E-state index is 12.1. The lowest BCUT2D eigenvalue weighted by Crippen LogP contribution is -2.12. The summed E-state index contributed by atoms with van der Waals surface area (Å²) < 4.78 is 68.6. The maximum Gasteiger partial charge on any atom is 0.295 e. The minimum absolute atomic E-state index is 0.186. The van der Waals surface area contributed by atoms with Gasteiger partial charge in [-0.05, 0) is 131 Å². The zero-order valence-corrected chi connectivity index (χ0v) is 22.0. The number of benzene rings is 2. The van der Waals surface area contributed by atoms with Crippen LogP contribution >= 0.6 is 45.2 Å². The zero-order chi connectivity index (χ0) is 21.9. The van der Waals surface area contributed by atoms with Crippen molar-refractivity contribution in [2.45, 2.75) is 51.3 Å². The van der Waals surface area contributed by atoms with Crippen molar-refractivity contribution in [2.75, 3.05) is 0 Å². The molecule has 154 valence electrons. The van der Waals surface area contributed by atoms with Crippen molar-refractivity contribution in [1.29, 1.82) is 0 Å². The van der Waals surface area contributed by atoms with E-state index < -0.39 is 20.2 Å². The summed E-state index contributed by atoms with van der Waals surface area (Å²) in [6.45, 7) is 10.3. The Morgan fingerprint density at radius 2 is 0.786 bits per heavy atom. The summed E-state index contributed by atoms with van der Waals surface area (Å²) in [5, 5.41) is 0. The topological polar surface area (TPSA) is 109 Å². The molecule has 28 heavy (non-hydrogen) atoms. The second-order valence-electron chi connectivity index (χ2n) is 6.74. The summed E-state index contributed by atoms with van der Waals surface area (Å²) in [4.78, 5) is -0.371. The molecule has 0 saturated heterocycles. The average Bonchev–Trinajstić information content (AvgIpc) is 2.51. The molecule has 6 nitrogen and oxygen atoms in total. The van der Waals surface area contributed by atoms with Crippen LogP contribution in [0.25, 0.3) is 11.1 Å². The van der Waals surface area contributed by atoms with Gasteiger partial charge < -0.3 is 0 Å². The molecule has 0 bridgehead atoms. The fourth-order valence-corrected chi connectivity index (χ4v) is 8.55. The number of rotatable bonds is 3. The molecule has 0 heterocycles. The number of halogens is 2. The van der Waals surface area contributed by atoms with Gasteiger partial charge in [0.2, 0.25) is 0 Å². The molecule has 0 saturated carbocycles. The van der Waals surface area contributed by atoms with E-state index in [9.17, 15) is 25.9 Å². The predicted molar refractivity (Wildman–Crippen MR) is 125 cm³/mol. The van der Waals surface area contributed by atoms with Gasteiger partial charge in [0.25, 0.3) is 20.2 Å². The highest BCUT2D eigenvalue weighted by atomic mass is 127. The highest BCUT2D eigenvalue weighted by molar-refractivity contribution is 14.1. The molecule has 0 atom stereocenters. The molecule has 0 spiro atoms. The van der Waals surface area contributed by atoms with Crippen LogP contribution in [0.2, 0.25) is 0 Å². The maximum absolute atomic E-state index is 12.1. The van der Waals surface area contributed by atoms with Crippen molar-refractivity contribution in [1.82, 2.24) is 0 Å². The van der Waals surface area contributed by atoms with Gasteiger partial charge in [-0.15, -0.1) is 0 Å². The molecule has 0 aromatic heterocycles. The SMILES string of the molecule is Cc1c(C)c(-c2c(C)c(C)c(I)c(S(=O)(=O)O)c2C)c(C)c(S(=O)(=O)O)c1I. The summed E-state index contributed by atoms with van der Waals surface area (Å²) in [7, 11) is -8.99. The van der Waals surface area contributed by atoms with Gasteiger partial charge in [0.05, 0.1) is 0 Å². The number of hydrogen-bond donors (Lipinski definition) is 2. The van der Waals surface area contributed by atoms with Gasteiger partial charge in [-0.2, -0.15) is 16.8 Å². The molecule has 0 fully saturated rings. The molecule has 2 N–H and O–H groups in total. The van der Waals surface area contributed by atoms with Crippen LogP contribution in [0.15, 0.2) is 9.79 Å². The first-order valence-electron chi connectivity index (χ1n) is 8.07. The molecule has 2 rings (SSSR count). The summed E-state index contributed by atoms with van der Waals surface area (Å²) >= 11 is 3.78. The lowest BCUT2D eigenvalue weighted by atomic mass is 9.86. The van der Waals surface area contributed by atoms with Crippen molar-refractivity contribution in [3.05, 3.63) is 40.5 Å². The quantitative estimate of drug-likeness (QED) is 0.362. The van der Waals surface area contributed by atoms with Crippen LogP contribution in [0.5, 0.6) is 0 Å². The molecule has 2 aromatic carbocycles. The van der Waals surface area contributed by atoms with Gasteiger partial charge in [-0.3, -0.25) is 9.11 Å². The predicted octanol–water partition coefficient (Wildman–Crippen LogP) is 4.91. The lowest BCUT2D eigenvalue weighted by molar-refractivity contribution is 0.479. The third kappa shape index (κ3) is 3.87. The Hall–Kier alpha value is -0.280. The highest BCUT2D eigenvalue weighted by Gasteiger charge is 2.29. The van der Waals surface area contributed by atoms with Crippen molar-refractivity contribution in [2.24, 2.45) is 0 Å². The minimum Gasteiger partial charge on any atom is -0.282 e. The fraction of sp³-hybridized carbons (Fsp3) is 0.333. The number of hydrogen-bond acceptors (Lipinski definition) is 4. The zero-order valence-electron chi connectivity index (χ0n) is 16.1. The molecule has 0 amide bonds. The molecule has 0 unspecified atom stereocenters. The summed E-state index contributed by atoms with van der Waals surface area (Å²) in [6, 6.07) is 0. The Labute approximate surface area is 192 Å². The van der Waals surface area contributed by atoms with Crippen molar-refractivity contribution < 1.29 is 25.9 Å². The van der Waals surface area contributed by atoms with Crippen LogP contribution in [-0.2, 0) is 20.2 Å². The van der Waals surface area contributed by atoms with Crippen molar-refractivity contribution >= 4 is 65.4 Å². The molecule has 2 aromatic rings. The van der Waals surface area contributed by atoms with Crippen LogP contribution in [0.3, 0.4) is 0 Å². The third-order valence-corrected chi connectivity index (χ3v) is 10.6. The summed E-state index contributed by atoms with van der Waals surface area (Å²) in [5.41, 5.74) is 4.68. The molecular formula is C18H20I2O6S2. The van der Waals surface area contributed by atoms with Crippen LogP contribution in [0.1, 0.15) is 33.4 Å². The Kier molecular flexibility index (Phi) is 6.65. The fourth-order valence-electron chi connectivity index (χ4n) is 3.53. The van der Waals surface area contributed by atoms with Crippen LogP contribution < -0.4 is 0 Å². The summed E-state index contributed by atoms with van der Waals surface area (Å²) in [5.74, 6) is 0. The first kappa shape index (κ1) is 24.0. The minimum atomic E-state index is -4.49. The lowest BCUT2D eigenvalue weighted by Gasteiger charge is -2.24. The van der Waals surface area contributed by atoms with Crippen LogP contribution in [0.4, 0.5) is 0 Å². The van der Waals surface area contributed by atoms with E-state index in [0.29, 0.717) is 40.5 Å². The Balaban J connectivity index is 3.24. The average molecular weight is 650 g/mol. The highest BCUT2D eigenvalue weighted by Crippen LogP contribution is 2.43. The van der Waals surface area contributed by atoms with E-state index in [1.807, 2.05) is 59.0 Å². The smallest absolute Gasteiger partial charge is 0.282 e. The standard InChI is InChI=1S/C18H20I2O6S2/c1-7-9(3)15(19)17(27(21,22)23)11(5)13(7)14-8(2)10(4)16(20)18(12(14)6)28(24,25)26/h1-6H3,(H,21,22,23)(H,24,25,26). The Morgan fingerprint density at radius 3 is 1.00 bits per heavy atom. The van der Waals surface area contributed by atoms with E-state index in [1.54, 1.807) is 27.7 Å². The van der Waals surface area contributed by atoms with Crippen LogP contribution in [-0.4, -0.2) is 25.9 Å². The van der Waals surface area contributed by atoms with Gasteiger partial charge in [0, 0.05) is 7.14 Å². The van der Waals surface area contributed by atoms with Crippen LogP contribution in [0, 0.1) is 48.7 Å². The van der Waals surface area contributed by atoms with Gasteiger partial charge in [0.15, 0.2) is 0 Å². The van der Waals surface area contributed by atoms with E-state index in [2.05, 4.69) is 0 Å². The molecule has 0 aliphatic rings. The molecule has 0 aliphatic carbocycles. The van der Waals surface area contributed by atoms with E-state index in [0.717, 1.165) is 11.1 Å². The first-order valence-corrected chi connectivity index (χ1v) is 13.1. The van der Waals surface area contributed by atoms with E-state index in [1.165, 1.54) is 0 Å². The monoisotopic (exact) mass is 650 g/mol. The Morgan fingerprint density at radius 1 is 0.536 bits per heavy atom. The first-order chi connectivity index (χ1) is 12.5. The van der Waals surface area contributed by atoms with E-state index in [4.69, 9.17) is 0 Å². The van der Waals surface area contributed by atoms with E-state index in [-0.39, 0.29) is 9.79 Å². The molecular weight excluding hydrogens is 630 g/mol. The van der Waals surface area contributed by atoms with Gasteiger partial charge in [0.1, 0.15) is 9.79 Å². The van der Waals surface area contributed by atoms with E-state index >= 15 is 0 Å². The van der Waals surface area contributed by atoms with Crippen molar-refractivity contribution in [3.8, 4) is 11.1 Å². The molecule has 0 aliphatic heterocycles. The largest absolute Gasteiger partial charge is 0.295 e. The molecule has 0 radical (unpaired) electrons. The summed E-state index contributed by atoms with van der Waals surface area (Å²) in [6.07, 6.45) is 0. The molecule has 10 heteroatoms. The Bertz CT molecular complexity index is 1130. The van der Waals surface area contributed by atoms with Gasteiger partial charge >= 0.3 is 0 Å².